The van der Waals surface area contributed by atoms with Crippen LogP contribution in [0.15, 0.2) is 77.4 Å². The highest BCUT2D eigenvalue weighted by Crippen LogP contribution is 2.37. The standard InChI is InChI=1S/C24H27N2P/c1-17-9-11-20(12-10-17)24-25-23(19-13-15-22(27-3)16-14-19)18(2)26(24)21-7-5-4-6-8-21/h5,7-16,18,24,27H,4,6H2,1-3H3. The van der Waals surface area contributed by atoms with Gasteiger partial charge in [0.1, 0.15) is 6.17 Å². The summed E-state index contributed by atoms with van der Waals surface area (Å²) in [6, 6.07) is 18.0. The van der Waals surface area contributed by atoms with Crippen LogP contribution < -0.4 is 5.30 Å². The number of benzene rings is 2. The van der Waals surface area contributed by atoms with Crippen molar-refractivity contribution in [2.24, 2.45) is 4.99 Å². The lowest BCUT2D eigenvalue weighted by Gasteiger charge is -2.32. The van der Waals surface area contributed by atoms with E-state index in [1.54, 1.807) is 0 Å². The van der Waals surface area contributed by atoms with Crippen LogP contribution in [-0.2, 0) is 0 Å². The zero-order chi connectivity index (χ0) is 18.8. The summed E-state index contributed by atoms with van der Waals surface area (Å²) < 4.78 is 0. The van der Waals surface area contributed by atoms with Gasteiger partial charge in [0.25, 0.3) is 0 Å². The van der Waals surface area contributed by atoms with E-state index in [0.29, 0.717) is 0 Å². The van der Waals surface area contributed by atoms with Crippen LogP contribution in [0, 0.1) is 6.92 Å². The van der Waals surface area contributed by atoms with E-state index in [1.165, 1.54) is 33.4 Å². The van der Waals surface area contributed by atoms with Crippen molar-refractivity contribution in [1.29, 1.82) is 0 Å². The Kier molecular flexibility index (Phi) is 5.27. The molecule has 27 heavy (non-hydrogen) atoms. The molecule has 0 N–H and O–H groups in total. The fourth-order valence-electron chi connectivity index (χ4n) is 3.90. The molecule has 0 amide bonds. The van der Waals surface area contributed by atoms with Crippen LogP contribution in [0.4, 0.5) is 0 Å². The minimum Gasteiger partial charge on any atom is -0.338 e. The third-order valence-corrected chi connectivity index (χ3v) is 6.37. The maximum absolute atomic E-state index is 5.22. The molecular weight excluding hydrogens is 347 g/mol. The summed E-state index contributed by atoms with van der Waals surface area (Å²) in [6.07, 6.45) is 9.18. The molecule has 0 spiro atoms. The van der Waals surface area contributed by atoms with Crippen LogP contribution in [0.25, 0.3) is 0 Å². The van der Waals surface area contributed by atoms with Gasteiger partial charge in [0.15, 0.2) is 0 Å². The van der Waals surface area contributed by atoms with Crippen molar-refractivity contribution in [3.63, 3.8) is 0 Å². The van der Waals surface area contributed by atoms with E-state index in [0.717, 1.165) is 21.4 Å². The molecule has 2 aliphatic rings. The summed E-state index contributed by atoms with van der Waals surface area (Å²) in [6.45, 7) is 6.64. The molecule has 3 unspecified atom stereocenters. The topological polar surface area (TPSA) is 15.6 Å². The Morgan fingerprint density at radius 1 is 1.00 bits per heavy atom. The van der Waals surface area contributed by atoms with Gasteiger partial charge in [-0.3, -0.25) is 4.99 Å². The van der Waals surface area contributed by atoms with Crippen molar-refractivity contribution in [2.75, 3.05) is 6.66 Å². The van der Waals surface area contributed by atoms with Gasteiger partial charge in [-0.05, 0) is 55.9 Å². The zero-order valence-electron chi connectivity index (χ0n) is 16.3. The van der Waals surface area contributed by atoms with Crippen LogP contribution in [0.3, 0.4) is 0 Å². The second kappa shape index (κ2) is 7.82. The lowest BCUT2D eigenvalue weighted by atomic mass is 10.0. The molecule has 0 saturated carbocycles. The van der Waals surface area contributed by atoms with Gasteiger partial charge >= 0.3 is 0 Å². The van der Waals surface area contributed by atoms with E-state index in [9.17, 15) is 0 Å². The minimum atomic E-state index is 0.0392. The number of rotatable bonds is 4. The van der Waals surface area contributed by atoms with E-state index in [1.807, 2.05) is 0 Å². The molecule has 0 bridgehead atoms. The molecule has 138 valence electrons. The molecule has 4 rings (SSSR count). The van der Waals surface area contributed by atoms with Gasteiger partial charge in [-0.1, -0.05) is 74.8 Å². The molecule has 2 aromatic carbocycles. The average molecular weight is 374 g/mol. The molecule has 0 saturated heterocycles. The Morgan fingerprint density at radius 3 is 2.37 bits per heavy atom. The van der Waals surface area contributed by atoms with Gasteiger partial charge in [-0.15, -0.1) is 0 Å². The Labute approximate surface area is 164 Å². The molecule has 3 heteroatoms. The predicted octanol–water partition coefficient (Wildman–Crippen LogP) is 5.35. The molecule has 1 aliphatic carbocycles. The highest BCUT2D eigenvalue weighted by atomic mass is 31.1. The molecule has 0 fully saturated rings. The second-order valence-corrected chi connectivity index (χ2v) is 8.40. The minimum absolute atomic E-state index is 0.0392. The first kappa shape index (κ1) is 18.2. The van der Waals surface area contributed by atoms with Crippen molar-refractivity contribution >= 4 is 19.6 Å². The Balaban J connectivity index is 1.75. The van der Waals surface area contributed by atoms with Crippen molar-refractivity contribution in [3.05, 3.63) is 89.1 Å². The number of aliphatic imine (C=N–C) groups is 1. The lowest BCUT2D eigenvalue weighted by Crippen LogP contribution is -2.34. The van der Waals surface area contributed by atoms with Crippen molar-refractivity contribution in [3.8, 4) is 0 Å². The SMILES string of the molecule is CPc1ccc(C2=NC(c3ccc(C)cc3)N(C3=CCCC=C3)C2C)cc1. The summed E-state index contributed by atoms with van der Waals surface area (Å²) in [5.74, 6) is 0. The largest absolute Gasteiger partial charge is 0.338 e. The first-order valence-electron chi connectivity index (χ1n) is 9.75. The zero-order valence-corrected chi connectivity index (χ0v) is 17.3. The summed E-state index contributed by atoms with van der Waals surface area (Å²) in [7, 11) is 0.832. The molecule has 2 nitrogen and oxygen atoms in total. The Morgan fingerprint density at radius 2 is 1.74 bits per heavy atom. The molecule has 0 radical (unpaired) electrons. The quantitative estimate of drug-likeness (QED) is 0.658. The van der Waals surface area contributed by atoms with Crippen LogP contribution in [0.5, 0.6) is 0 Å². The molecule has 2 aromatic rings. The predicted molar refractivity (Wildman–Crippen MR) is 119 cm³/mol. The normalized spacial score (nSPS) is 22.4. The number of hydrogen-bond acceptors (Lipinski definition) is 2. The average Bonchev–Trinajstić information content (AvgIpc) is 3.06. The van der Waals surface area contributed by atoms with Gasteiger partial charge in [0.2, 0.25) is 0 Å². The maximum atomic E-state index is 5.22. The van der Waals surface area contributed by atoms with E-state index in [4.69, 9.17) is 4.99 Å². The Hall–Kier alpha value is -2.18. The number of aryl methyl sites for hydroxylation is 1. The smallest absolute Gasteiger partial charge is 0.148 e. The lowest BCUT2D eigenvalue weighted by molar-refractivity contribution is 0.276. The fourth-order valence-corrected chi connectivity index (χ4v) is 4.40. The van der Waals surface area contributed by atoms with E-state index >= 15 is 0 Å². The summed E-state index contributed by atoms with van der Waals surface area (Å²) in [5.41, 5.74) is 6.27. The van der Waals surface area contributed by atoms with Crippen molar-refractivity contribution < 1.29 is 0 Å². The molecule has 1 aliphatic heterocycles. The summed E-state index contributed by atoms with van der Waals surface area (Å²) >= 11 is 0. The van der Waals surface area contributed by atoms with Gasteiger partial charge in [-0.2, -0.15) is 0 Å². The molecule has 3 atom stereocenters. The third-order valence-electron chi connectivity index (χ3n) is 5.46. The number of hydrogen-bond donors (Lipinski definition) is 0. The number of nitrogens with zero attached hydrogens (tertiary/aromatic N) is 2. The molecule has 1 heterocycles. The van der Waals surface area contributed by atoms with Crippen LogP contribution in [0.1, 0.15) is 42.6 Å². The van der Waals surface area contributed by atoms with E-state index in [-0.39, 0.29) is 12.2 Å². The van der Waals surface area contributed by atoms with Gasteiger partial charge < -0.3 is 4.90 Å². The first-order valence-corrected chi connectivity index (χ1v) is 11.2. The second-order valence-electron chi connectivity index (χ2n) is 7.32. The molecule has 0 aromatic heterocycles. The van der Waals surface area contributed by atoms with Crippen molar-refractivity contribution in [2.45, 2.75) is 38.9 Å². The van der Waals surface area contributed by atoms with E-state index in [2.05, 4.69) is 92.2 Å². The van der Waals surface area contributed by atoms with Crippen LogP contribution in [0.2, 0.25) is 0 Å². The third kappa shape index (κ3) is 3.64. The van der Waals surface area contributed by atoms with Crippen LogP contribution in [-0.4, -0.2) is 23.3 Å². The maximum Gasteiger partial charge on any atom is 0.148 e. The highest BCUT2D eigenvalue weighted by Gasteiger charge is 2.35. The summed E-state index contributed by atoms with van der Waals surface area (Å²) in [4.78, 5) is 7.70. The van der Waals surface area contributed by atoms with Gasteiger partial charge in [-0.25, -0.2) is 0 Å². The monoisotopic (exact) mass is 374 g/mol. The van der Waals surface area contributed by atoms with Gasteiger partial charge in [0.05, 0.1) is 11.8 Å². The van der Waals surface area contributed by atoms with Crippen molar-refractivity contribution in [1.82, 2.24) is 4.90 Å². The fraction of sp³-hybridized carbons (Fsp3) is 0.292. The van der Waals surface area contributed by atoms with Crippen LogP contribution >= 0.6 is 8.58 Å². The first-order chi connectivity index (χ1) is 13.2. The Bertz CT molecular complexity index is 891. The van der Waals surface area contributed by atoms with E-state index < -0.39 is 0 Å². The molecular formula is C24H27N2P. The van der Waals surface area contributed by atoms with Gasteiger partial charge in [0, 0.05) is 5.70 Å². The summed E-state index contributed by atoms with van der Waals surface area (Å²) in [5, 5.41) is 1.40. The highest BCUT2D eigenvalue weighted by molar-refractivity contribution is 7.46. The number of allylic oxidation sites excluding steroid dienone is 3.